The maximum atomic E-state index is 13.2. The zero-order valence-electron chi connectivity index (χ0n) is 16.4. The van der Waals surface area contributed by atoms with Gasteiger partial charge in [-0.05, 0) is 31.4 Å². The van der Waals surface area contributed by atoms with E-state index in [1.165, 1.54) is 24.6 Å². The lowest BCUT2D eigenvalue weighted by atomic mass is 9.99. The fourth-order valence-corrected chi connectivity index (χ4v) is 4.92. The summed E-state index contributed by atoms with van der Waals surface area (Å²) in [5, 5.41) is 2.93. The minimum Gasteiger partial charge on any atom is -0.497 e. The number of hydrogen-bond donors (Lipinski definition) is 1. The number of amides is 1. The van der Waals surface area contributed by atoms with Crippen molar-refractivity contribution in [3.05, 3.63) is 18.2 Å². The number of rotatable bonds is 9. The monoisotopic (exact) mass is 398 g/mol. The Morgan fingerprint density at radius 2 is 2.04 bits per heavy atom. The minimum absolute atomic E-state index is 0.0633. The van der Waals surface area contributed by atoms with Crippen LogP contribution < -0.4 is 14.8 Å². The molecule has 7 nitrogen and oxygen atoms in total. The van der Waals surface area contributed by atoms with Crippen molar-refractivity contribution in [2.75, 3.05) is 33.9 Å². The number of methoxy groups -OCH3 is 2. The lowest BCUT2D eigenvalue weighted by Crippen LogP contribution is -2.45. The summed E-state index contributed by atoms with van der Waals surface area (Å²) in [5.74, 6) is 0.314. The third kappa shape index (κ3) is 5.35. The highest BCUT2D eigenvalue weighted by Crippen LogP contribution is 2.32. The number of nitrogens with zero attached hydrogens (tertiary/aromatic N) is 1. The zero-order valence-corrected chi connectivity index (χ0v) is 17.2. The lowest BCUT2D eigenvalue weighted by Gasteiger charge is -2.31. The molecule has 0 spiro atoms. The number of unbranched alkanes of at least 4 members (excludes halogenated alkanes) is 2. The van der Waals surface area contributed by atoms with Gasteiger partial charge in [-0.25, -0.2) is 8.42 Å². The van der Waals surface area contributed by atoms with Crippen LogP contribution in [0.2, 0.25) is 0 Å². The first kappa shape index (κ1) is 21.5. The average molecular weight is 399 g/mol. The maximum Gasteiger partial charge on any atom is 0.246 e. The van der Waals surface area contributed by atoms with Crippen LogP contribution >= 0.6 is 0 Å². The molecule has 1 aromatic rings. The number of carbonyl (C=O) groups is 1. The van der Waals surface area contributed by atoms with Gasteiger partial charge in [-0.15, -0.1) is 0 Å². The van der Waals surface area contributed by atoms with Crippen molar-refractivity contribution in [1.82, 2.24) is 9.62 Å². The van der Waals surface area contributed by atoms with Crippen LogP contribution in [0.1, 0.15) is 39.0 Å². The number of ether oxygens (including phenoxy) is 2. The van der Waals surface area contributed by atoms with E-state index in [1.807, 2.05) is 0 Å². The minimum atomic E-state index is -3.78. The van der Waals surface area contributed by atoms with Gasteiger partial charge in [0.1, 0.15) is 16.4 Å². The topological polar surface area (TPSA) is 84.9 Å². The summed E-state index contributed by atoms with van der Waals surface area (Å²) < 4.78 is 38.1. The Morgan fingerprint density at radius 3 is 2.70 bits per heavy atom. The van der Waals surface area contributed by atoms with Crippen LogP contribution in [0.4, 0.5) is 0 Å². The molecule has 2 rings (SSSR count). The first-order valence-electron chi connectivity index (χ1n) is 9.44. The van der Waals surface area contributed by atoms with Crippen molar-refractivity contribution in [2.24, 2.45) is 5.92 Å². The van der Waals surface area contributed by atoms with Crippen molar-refractivity contribution in [3.63, 3.8) is 0 Å². The van der Waals surface area contributed by atoms with Gasteiger partial charge in [0, 0.05) is 25.7 Å². The van der Waals surface area contributed by atoms with Crippen LogP contribution in [-0.4, -0.2) is 52.5 Å². The Kier molecular flexibility index (Phi) is 7.91. The Labute approximate surface area is 162 Å². The van der Waals surface area contributed by atoms with Crippen molar-refractivity contribution >= 4 is 15.9 Å². The number of hydrogen-bond acceptors (Lipinski definition) is 5. The lowest BCUT2D eigenvalue weighted by molar-refractivity contribution is -0.126. The summed E-state index contributed by atoms with van der Waals surface area (Å²) in [6.45, 7) is 3.32. The van der Waals surface area contributed by atoms with E-state index >= 15 is 0 Å². The van der Waals surface area contributed by atoms with Crippen LogP contribution in [0.5, 0.6) is 11.5 Å². The molecule has 27 heavy (non-hydrogen) atoms. The molecule has 8 heteroatoms. The summed E-state index contributed by atoms with van der Waals surface area (Å²) in [5.41, 5.74) is 0. The quantitative estimate of drug-likeness (QED) is 0.646. The summed E-state index contributed by atoms with van der Waals surface area (Å²) in [6.07, 6.45) is 4.45. The number of carbonyl (C=O) groups excluding carboxylic acids is 1. The van der Waals surface area contributed by atoms with E-state index in [4.69, 9.17) is 9.47 Å². The van der Waals surface area contributed by atoms with Gasteiger partial charge in [-0.3, -0.25) is 4.79 Å². The van der Waals surface area contributed by atoms with Crippen molar-refractivity contribution in [3.8, 4) is 11.5 Å². The molecular formula is C19H30N2O5S. The SMILES string of the molecule is CCCCCNC(=O)[C@@H]1CCCN(S(=O)(=O)c2cc(OC)ccc2OC)C1. The summed E-state index contributed by atoms with van der Waals surface area (Å²) >= 11 is 0. The molecule has 0 aliphatic carbocycles. The van der Waals surface area contributed by atoms with Crippen molar-refractivity contribution in [1.29, 1.82) is 0 Å². The average Bonchev–Trinajstić information content (AvgIpc) is 2.70. The van der Waals surface area contributed by atoms with Crippen LogP contribution in [0.15, 0.2) is 23.1 Å². The Hall–Kier alpha value is -1.80. The third-order valence-electron chi connectivity index (χ3n) is 4.82. The second-order valence-electron chi connectivity index (χ2n) is 6.72. The van der Waals surface area contributed by atoms with Gasteiger partial charge in [-0.1, -0.05) is 19.8 Å². The van der Waals surface area contributed by atoms with E-state index < -0.39 is 10.0 Å². The smallest absolute Gasteiger partial charge is 0.246 e. The van der Waals surface area contributed by atoms with Crippen LogP contribution in [-0.2, 0) is 14.8 Å². The molecule has 1 aromatic carbocycles. The molecule has 0 aromatic heterocycles. The highest BCUT2D eigenvalue weighted by atomic mass is 32.2. The largest absolute Gasteiger partial charge is 0.497 e. The predicted octanol–water partition coefficient (Wildman–Crippen LogP) is 2.41. The fourth-order valence-electron chi connectivity index (χ4n) is 3.23. The van der Waals surface area contributed by atoms with Gasteiger partial charge in [0.05, 0.1) is 20.1 Å². The number of sulfonamides is 1. The highest BCUT2D eigenvalue weighted by Gasteiger charge is 2.35. The first-order chi connectivity index (χ1) is 12.9. The standard InChI is InChI=1S/C19H30N2O5S/c1-4-5-6-11-20-19(22)15-8-7-12-21(14-15)27(23,24)18-13-16(25-2)9-10-17(18)26-3/h9-10,13,15H,4-8,11-12,14H2,1-3H3,(H,20,22)/t15-/m1/s1. The fraction of sp³-hybridized carbons (Fsp3) is 0.632. The molecular weight excluding hydrogens is 368 g/mol. The number of benzene rings is 1. The molecule has 1 N–H and O–H groups in total. The molecule has 1 saturated heterocycles. The second-order valence-corrected chi connectivity index (χ2v) is 8.62. The van der Waals surface area contributed by atoms with Crippen LogP contribution in [0.25, 0.3) is 0 Å². The van der Waals surface area contributed by atoms with Gasteiger partial charge >= 0.3 is 0 Å². The summed E-state index contributed by atoms with van der Waals surface area (Å²) in [6, 6.07) is 4.69. The maximum absolute atomic E-state index is 13.2. The van der Waals surface area contributed by atoms with Crippen molar-refractivity contribution < 1.29 is 22.7 Å². The van der Waals surface area contributed by atoms with E-state index in [0.29, 0.717) is 31.7 Å². The van der Waals surface area contributed by atoms with Gasteiger partial charge in [0.15, 0.2) is 0 Å². The normalized spacial score (nSPS) is 18.1. The van der Waals surface area contributed by atoms with E-state index in [1.54, 1.807) is 12.1 Å². The van der Waals surface area contributed by atoms with Crippen molar-refractivity contribution in [2.45, 2.75) is 43.9 Å². The molecule has 1 atom stereocenters. The molecule has 152 valence electrons. The third-order valence-corrected chi connectivity index (χ3v) is 6.71. The van der Waals surface area contributed by atoms with E-state index in [-0.39, 0.29) is 29.0 Å². The first-order valence-corrected chi connectivity index (χ1v) is 10.9. The van der Waals surface area contributed by atoms with Gasteiger partial charge in [0.25, 0.3) is 0 Å². The predicted molar refractivity (Wildman–Crippen MR) is 104 cm³/mol. The molecule has 0 saturated carbocycles. The van der Waals surface area contributed by atoms with Crippen LogP contribution in [0, 0.1) is 5.92 Å². The summed E-state index contributed by atoms with van der Waals surface area (Å²) in [7, 11) is -0.866. The van der Waals surface area contributed by atoms with Gasteiger partial charge in [-0.2, -0.15) is 4.31 Å². The molecule has 0 radical (unpaired) electrons. The van der Waals surface area contributed by atoms with E-state index in [2.05, 4.69) is 12.2 Å². The highest BCUT2D eigenvalue weighted by molar-refractivity contribution is 7.89. The Bertz CT molecular complexity index is 736. The molecule has 1 amide bonds. The Balaban J connectivity index is 2.13. The molecule has 1 fully saturated rings. The Morgan fingerprint density at radius 1 is 1.26 bits per heavy atom. The van der Waals surface area contributed by atoms with E-state index in [0.717, 1.165) is 19.3 Å². The van der Waals surface area contributed by atoms with E-state index in [9.17, 15) is 13.2 Å². The molecule has 1 heterocycles. The van der Waals surface area contributed by atoms with Gasteiger partial charge in [0.2, 0.25) is 15.9 Å². The van der Waals surface area contributed by atoms with Crippen LogP contribution in [0.3, 0.4) is 0 Å². The summed E-state index contributed by atoms with van der Waals surface area (Å²) in [4.78, 5) is 12.5. The zero-order chi connectivity index (χ0) is 19.9. The number of nitrogens with one attached hydrogen (secondary N) is 1. The van der Waals surface area contributed by atoms with Gasteiger partial charge < -0.3 is 14.8 Å². The molecule has 0 unspecified atom stereocenters. The number of piperidine rings is 1. The second kappa shape index (κ2) is 9.94. The molecule has 0 bridgehead atoms. The molecule has 1 aliphatic heterocycles. The molecule has 1 aliphatic rings.